The van der Waals surface area contributed by atoms with Crippen molar-refractivity contribution in [3.8, 4) is 11.8 Å². The lowest BCUT2D eigenvalue weighted by atomic mass is 9.93. The Balaban J connectivity index is 0.000000818. The predicted octanol–water partition coefficient (Wildman–Crippen LogP) is 1.81. The van der Waals surface area contributed by atoms with Crippen molar-refractivity contribution in [3.05, 3.63) is 24.3 Å². The van der Waals surface area contributed by atoms with Gasteiger partial charge in [0, 0.05) is 25.6 Å². The Bertz CT molecular complexity index is 1390. The molecule has 0 aromatic heterocycles. The molecule has 1 saturated carbocycles. The number of benzene rings is 1. The van der Waals surface area contributed by atoms with Crippen LogP contribution in [0.25, 0.3) is 0 Å². The van der Waals surface area contributed by atoms with Gasteiger partial charge < -0.3 is 25.4 Å². The number of likely N-dealkylation sites (tertiary alicyclic amines) is 2. The second-order valence-electron chi connectivity index (χ2n) is 11.4. The van der Waals surface area contributed by atoms with Crippen LogP contribution >= 0.6 is 0 Å². The van der Waals surface area contributed by atoms with Gasteiger partial charge in [0.1, 0.15) is 22.2 Å². The number of hydrogen-bond acceptors (Lipinski definition) is 9. The third kappa shape index (κ3) is 7.62. The first-order valence-electron chi connectivity index (χ1n) is 14.5. The molecule has 3 aliphatic heterocycles. The van der Waals surface area contributed by atoms with Gasteiger partial charge in [-0.25, -0.2) is 8.42 Å². The topological polar surface area (TPSA) is 169 Å². The molecular formula is C28H36F3N5O7S. The number of sulfone groups is 1. The summed E-state index contributed by atoms with van der Waals surface area (Å²) in [6.45, 7) is 3.62. The molecule has 3 heterocycles. The van der Waals surface area contributed by atoms with Crippen LogP contribution in [0.4, 0.5) is 13.2 Å². The molecule has 44 heavy (non-hydrogen) atoms. The standard InChI is InChI=1S/C25H30F3N5O5S.C3H6O2/c26-25(27,28)38-20-3-1-2-4-21(20)39(36,37)17-13-19(22(34)31-24(15-29)8-9-24)33(14-17)23(35)18-7-12-32(18)16-5-10-30-11-6-16;1-2-3(4)5/h1-4,16-19,30H,5-14H2,(H,31,34);2H2,1H3,(H,4,5)/t17-,18?,19+;/m1./s1. The molecular weight excluding hydrogens is 607 g/mol. The van der Waals surface area contributed by atoms with Crippen LogP contribution in [-0.4, -0.2) is 103 Å². The molecule has 1 aliphatic carbocycles. The minimum absolute atomic E-state index is 0.197. The van der Waals surface area contributed by atoms with Crippen molar-refractivity contribution in [2.24, 2.45) is 0 Å². The summed E-state index contributed by atoms with van der Waals surface area (Å²) in [5, 5.41) is 21.8. The van der Waals surface area contributed by atoms with Crippen molar-refractivity contribution < 1.29 is 45.8 Å². The van der Waals surface area contributed by atoms with Gasteiger partial charge >= 0.3 is 12.3 Å². The Morgan fingerprint density at radius 2 is 1.80 bits per heavy atom. The summed E-state index contributed by atoms with van der Waals surface area (Å²) in [7, 11) is -4.44. The molecule has 4 aliphatic rings. The largest absolute Gasteiger partial charge is 0.573 e. The monoisotopic (exact) mass is 643 g/mol. The van der Waals surface area contributed by atoms with Crippen LogP contribution in [0, 0.1) is 11.3 Å². The molecule has 2 amide bonds. The second kappa shape index (κ2) is 13.3. The number of rotatable bonds is 8. The summed E-state index contributed by atoms with van der Waals surface area (Å²) in [4.78, 5) is 39.1. The number of amides is 2. The van der Waals surface area contributed by atoms with Gasteiger partial charge in [-0.3, -0.25) is 19.3 Å². The van der Waals surface area contributed by atoms with E-state index in [1.165, 1.54) is 17.0 Å². The zero-order valence-electron chi connectivity index (χ0n) is 24.2. The van der Waals surface area contributed by atoms with Gasteiger partial charge in [-0.15, -0.1) is 13.2 Å². The molecule has 4 fully saturated rings. The number of carbonyl (C=O) groups excluding carboxylic acids is 2. The molecule has 16 heteroatoms. The van der Waals surface area contributed by atoms with Crippen molar-refractivity contribution in [2.45, 2.75) is 92.0 Å². The van der Waals surface area contributed by atoms with E-state index in [0.29, 0.717) is 25.8 Å². The maximum absolute atomic E-state index is 13.8. The number of para-hydroxylation sites is 1. The quantitative estimate of drug-likeness (QED) is 0.380. The molecule has 1 aromatic rings. The fourth-order valence-corrected chi connectivity index (χ4v) is 7.55. The Morgan fingerprint density at radius 1 is 1.16 bits per heavy atom. The van der Waals surface area contributed by atoms with E-state index in [-0.39, 0.29) is 31.3 Å². The van der Waals surface area contributed by atoms with Gasteiger partial charge in [0.25, 0.3) is 0 Å². The van der Waals surface area contributed by atoms with Gasteiger partial charge in [0.15, 0.2) is 9.84 Å². The lowest BCUT2D eigenvalue weighted by molar-refractivity contribution is -0.275. The smallest absolute Gasteiger partial charge is 0.481 e. The van der Waals surface area contributed by atoms with Gasteiger partial charge in [-0.1, -0.05) is 19.1 Å². The number of nitriles is 1. The minimum atomic E-state index is -5.11. The van der Waals surface area contributed by atoms with Gasteiger partial charge in [-0.2, -0.15) is 5.26 Å². The minimum Gasteiger partial charge on any atom is -0.481 e. The maximum atomic E-state index is 13.8. The SMILES string of the molecule is CCC(=O)O.N#CC1(NC(=O)[C@@H]2C[C@@H](S(=O)(=O)c3ccccc3OC(F)(F)F)CN2C(=O)C2CCN2C2CCNCC2)CC1. The number of carboxylic acid groups (broad SMARTS) is 1. The normalized spacial score (nSPS) is 25.1. The third-order valence-corrected chi connectivity index (χ3v) is 10.6. The summed E-state index contributed by atoms with van der Waals surface area (Å²) in [6, 6.07) is 5.02. The van der Waals surface area contributed by atoms with E-state index in [9.17, 15) is 41.2 Å². The predicted molar refractivity (Wildman–Crippen MR) is 149 cm³/mol. The Hall–Kier alpha value is -3.42. The summed E-state index contributed by atoms with van der Waals surface area (Å²) < 4.78 is 70.2. The number of hydrogen-bond donors (Lipinski definition) is 3. The molecule has 12 nitrogen and oxygen atoms in total. The molecule has 3 saturated heterocycles. The highest BCUT2D eigenvalue weighted by molar-refractivity contribution is 7.92. The molecule has 0 spiro atoms. The van der Waals surface area contributed by atoms with E-state index < -0.39 is 61.6 Å². The lowest BCUT2D eigenvalue weighted by Gasteiger charge is -2.48. The van der Waals surface area contributed by atoms with Crippen molar-refractivity contribution in [2.75, 3.05) is 26.2 Å². The molecule has 0 radical (unpaired) electrons. The molecule has 1 aromatic carbocycles. The Morgan fingerprint density at radius 3 is 2.32 bits per heavy atom. The van der Waals surface area contributed by atoms with Crippen LogP contribution in [0.5, 0.6) is 5.75 Å². The zero-order chi connectivity index (χ0) is 32.3. The molecule has 0 bridgehead atoms. The number of carbonyl (C=O) groups is 3. The summed E-state index contributed by atoms with van der Waals surface area (Å²) in [5.74, 6) is -2.62. The zero-order valence-corrected chi connectivity index (χ0v) is 25.0. The van der Waals surface area contributed by atoms with Crippen molar-refractivity contribution in [1.82, 2.24) is 20.4 Å². The highest BCUT2D eigenvalue weighted by atomic mass is 32.2. The number of alkyl halides is 3. The molecule has 5 rings (SSSR count). The van der Waals surface area contributed by atoms with Gasteiger partial charge in [0.05, 0.1) is 17.4 Å². The number of halogens is 3. The van der Waals surface area contributed by atoms with E-state index in [1.54, 1.807) is 6.92 Å². The fourth-order valence-electron chi connectivity index (χ4n) is 5.74. The van der Waals surface area contributed by atoms with E-state index >= 15 is 0 Å². The average molecular weight is 644 g/mol. The van der Waals surface area contributed by atoms with Crippen LogP contribution in [-0.2, 0) is 24.2 Å². The van der Waals surface area contributed by atoms with Crippen LogP contribution in [0.15, 0.2) is 29.2 Å². The van der Waals surface area contributed by atoms with E-state index in [2.05, 4.69) is 26.3 Å². The number of ether oxygens (including phenoxy) is 1. The van der Waals surface area contributed by atoms with Crippen LogP contribution < -0.4 is 15.4 Å². The average Bonchev–Trinajstić information content (AvgIpc) is 3.57. The molecule has 242 valence electrons. The molecule has 3 N–H and O–H groups in total. The summed E-state index contributed by atoms with van der Waals surface area (Å²) in [5.41, 5.74) is -1.03. The van der Waals surface area contributed by atoms with Gasteiger partial charge in [0.2, 0.25) is 11.8 Å². The first-order valence-corrected chi connectivity index (χ1v) is 16.1. The second-order valence-corrected chi connectivity index (χ2v) is 13.6. The van der Waals surface area contributed by atoms with Crippen molar-refractivity contribution in [3.63, 3.8) is 0 Å². The summed E-state index contributed by atoms with van der Waals surface area (Å²) in [6.07, 6.45) is -1.99. The van der Waals surface area contributed by atoms with E-state index in [1.807, 2.05) is 0 Å². The fraction of sp³-hybridized carbons (Fsp3) is 0.643. The number of aliphatic carboxylic acids is 1. The third-order valence-electron chi connectivity index (χ3n) is 8.42. The Kier molecular flexibility index (Phi) is 10.1. The van der Waals surface area contributed by atoms with Crippen LogP contribution in [0.3, 0.4) is 0 Å². The summed E-state index contributed by atoms with van der Waals surface area (Å²) >= 11 is 0. The number of piperidine rings is 1. The molecule has 1 unspecified atom stereocenters. The molecule has 3 atom stereocenters. The number of carboxylic acids is 1. The van der Waals surface area contributed by atoms with Gasteiger partial charge in [-0.05, 0) is 63.7 Å². The Labute approximate surface area is 253 Å². The first kappa shape index (κ1) is 33.5. The lowest BCUT2D eigenvalue weighted by Crippen LogP contribution is -2.63. The maximum Gasteiger partial charge on any atom is 0.573 e. The highest BCUT2D eigenvalue weighted by Gasteiger charge is 2.53. The van der Waals surface area contributed by atoms with E-state index in [4.69, 9.17) is 5.11 Å². The van der Waals surface area contributed by atoms with Crippen molar-refractivity contribution >= 4 is 27.6 Å². The van der Waals surface area contributed by atoms with Crippen LogP contribution in [0.2, 0.25) is 0 Å². The first-order chi connectivity index (χ1) is 20.7. The van der Waals surface area contributed by atoms with E-state index in [0.717, 1.165) is 38.1 Å². The van der Waals surface area contributed by atoms with Crippen molar-refractivity contribution in [1.29, 1.82) is 5.26 Å². The number of nitrogens with zero attached hydrogens (tertiary/aromatic N) is 3. The highest BCUT2D eigenvalue weighted by Crippen LogP contribution is 2.38. The number of nitrogens with one attached hydrogen (secondary N) is 2. The van der Waals surface area contributed by atoms with Crippen LogP contribution in [0.1, 0.15) is 51.9 Å².